The second-order valence-corrected chi connectivity index (χ2v) is 12.1. The number of phenols is 2. The maximum atomic E-state index is 14.2. The summed E-state index contributed by atoms with van der Waals surface area (Å²) < 4.78 is 11.8. The maximum Gasteiger partial charge on any atom is 0.255 e. The molecule has 9 heteroatoms. The van der Waals surface area contributed by atoms with E-state index in [-0.39, 0.29) is 28.5 Å². The molecule has 0 saturated carbocycles. The molecule has 1 spiro atoms. The first-order chi connectivity index (χ1) is 18.8. The lowest BCUT2D eigenvalue weighted by Crippen LogP contribution is -2.46. The molecule has 1 amide bonds. The molecule has 2 aromatic carbocycles. The summed E-state index contributed by atoms with van der Waals surface area (Å²) in [5, 5.41) is 34.7. The van der Waals surface area contributed by atoms with Crippen LogP contribution in [0.1, 0.15) is 73.2 Å². The third-order valence-electron chi connectivity index (χ3n) is 10.2. The van der Waals surface area contributed by atoms with E-state index >= 15 is 0 Å². The number of ketones is 2. The van der Waals surface area contributed by atoms with Crippen LogP contribution >= 0.6 is 0 Å². The normalized spacial score (nSPS) is 28.5. The lowest BCUT2D eigenvalue weighted by atomic mass is 9.54. The summed E-state index contributed by atoms with van der Waals surface area (Å²) in [4.78, 5) is 39.1. The van der Waals surface area contributed by atoms with E-state index in [9.17, 15) is 29.7 Å². The Morgan fingerprint density at radius 1 is 1.12 bits per heavy atom. The second-order valence-electron chi connectivity index (χ2n) is 12.1. The van der Waals surface area contributed by atoms with Gasteiger partial charge in [-0.25, -0.2) is 0 Å². The Morgan fingerprint density at radius 3 is 2.42 bits per heavy atom. The minimum absolute atomic E-state index is 0.0842. The fourth-order valence-electron chi connectivity index (χ4n) is 8.36. The molecule has 0 bridgehead atoms. The molecule has 0 aliphatic heterocycles. The van der Waals surface area contributed by atoms with Gasteiger partial charge in [0.05, 0.1) is 30.1 Å². The number of carbonyl (C=O) groups is 3. The van der Waals surface area contributed by atoms with Crippen molar-refractivity contribution in [2.75, 3.05) is 14.2 Å². The van der Waals surface area contributed by atoms with Crippen molar-refractivity contribution < 1.29 is 39.2 Å². The number of aliphatic hydroxyl groups is 1. The van der Waals surface area contributed by atoms with E-state index in [1.807, 2.05) is 0 Å². The van der Waals surface area contributed by atoms with E-state index in [4.69, 9.17) is 15.2 Å². The van der Waals surface area contributed by atoms with Crippen molar-refractivity contribution in [3.63, 3.8) is 0 Å². The van der Waals surface area contributed by atoms with Gasteiger partial charge in [-0.05, 0) is 42.7 Å². The Hall–Kier alpha value is -3.85. The molecule has 0 radical (unpaired) electrons. The summed E-state index contributed by atoms with van der Waals surface area (Å²) in [5.74, 6) is -5.45. The molecule has 4 aliphatic carbocycles. The summed E-state index contributed by atoms with van der Waals surface area (Å²) >= 11 is 0. The van der Waals surface area contributed by atoms with Gasteiger partial charge in [0.25, 0.3) is 5.91 Å². The summed E-state index contributed by atoms with van der Waals surface area (Å²) in [5.41, 5.74) is 7.04. The first kappa shape index (κ1) is 26.4. The van der Waals surface area contributed by atoms with Gasteiger partial charge in [0.2, 0.25) is 0 Å². The Labute approximate surface area is 231 Å². The van der Waals surface area contributed by atoms with Crippen molar-refractivity contribution in [3.05, 3.63) is 51.3 Å². The molecule has 1 unspecified atom stereocenters. The van der Waals surface area contributed by atoms with Crippen molar-refractivity contribution in [3.8, 4) is 17.2 Å². The number of ether oxygens (including phenoxy) is 2. The molecule has 5 N–H and O–H groups in total. The zero-order valence-electron chi connectivity index (χ0n) is 23.2. The van der Waals surface area contributed by atoms with Crippen LogP contribution in [0, 0.1) is 17.3 Å². The van der Waals surface area contributed by atoms with Crippen LogP contribution in [0.5, 0.6) is 17.2 Å². The first-order valence-corrected chi connectivity index (χ1v) is 13.5. The standard InChI is InChI=1S/C31H33NO8/c1-12-7-6-8-30(2,3)31(12)11-14-18-21(16(34)10-17(39-4)24(18)31)27(37)23-19(14)28(40-5)13-9-15(33)22(29(32)38)25(35)20(13)26(23)36/h7,10,13,20,28,34-35,37H,6,8-9,11H2,1-5H3,(H2,32,38)/t13-,20?,28-,31+/m0/s1. The molecule has 6 rings (SSSR count). The smallest absolute Gasteiger partial charge is 0.255 e. The molecule has 0 aromatic heterocycles. The van der Waals surface area contributed by atoms with Crippen LogP contribution in [0.3, 0.4) is 0 Å². The third-order valence-corrected chi connectivity index (χ3v) is 10.2. The summed E-state index contributed by atoms with van der Waals surface area (Å²) in [6, 6.07) is 1.48. The number of nitrogens with two attached hydrogens (primary N) is 1. The number of aliphatic hydroxyl groups excluding tert-OH is 1. The van der Waals surface area contributed by atoms with Crippen molar-refractivity contribution in [2.24, 2.45) is 23.0 Å². The predicted molar refractivity (Wildman–Crippen MR) is 146 cm³/mol. The lowest BCUT2D eigenvalue weighted by molar-refractivity contribution is -0.124. The number of aromatic hydroxyl groups is 2. The van der Waals surface area contributed by atoms with E-state index in [1.54, 1.807) is 7.11 Å². The average Bonchev–Trinajstić information content (AvgIpc) is 3.23. The van der Waals surface area contributed by atoms with Crippen LogP contribution in [0.2, 0.25) is 0 Å². The van der Waals surface area contributed by atoms with Gasteiger partial charge in [0.1, 0.15) is 28.6 Å². The Bertz CT molecular complexity index is 1630. The van der Waals surface area contributed by atoms with Crippen LogP contribution in [0.15, 0.2) is 29.0 Å². The molecule has 0 heterocycles. The number of rotatable bonds is 3. The number of Topliss-reactive ketones (excluding diaryl/α,β-unsaturated/α-hetero) is 2. The zero-order chi connectivity index (χ0) is 29.0. The van der Waals surface area contributed by atoms with E-state index in [0.29, 0.717) is 23.1 Å². The van der Waals surface area contributed by atoms with Crippen LogP contribution in [-0.2, 0) is 26.2 Å². The van der Waals surface area contributed by atoms with Gasteiger partial charge in [-0.15, -0.1) is 0 Å². The minimum atomic E-state index is -1.31. The first-order valence-electron chi connectivity index (χ1n) is 13.5. The number of primary amides is 1. The zero-order valence-corrected chi connectivity index (χ0v) is 23.2. The molecule has 210 valence electrons. The lowest BCUT2D eigenvalue weighted by Gasteiger charge is -2.49. The van der Waals surface area contributed by atoms with Gasteiger partial charge >= 0.3 is 0 Å². The monoisotopic (exact) mass is 547 g/mol. The Balaban J connectivity index is 1.76. The van der Waals surface area contributed by atoms with Crippen LogP contribution in [0.4, 0.5) is 0 Å². The third kappa shape index (κ3) is 2.93. The number of benzene rings is 2. The predicted octanol–water partition coefficient (Wildman–Crippen LogP) is 4.21. The number of methoxy groups -OCH3 is 2. The van der Waals surface area contributed by atoms with Gasteiger partial charge in [-0.2, -0.15) is 0 Å². The highest BCUT2D eigenvalue weighted by atomic mass is 16.5. The highest BCUT2D eigenvalue weighted by Gasteiger charge is 2.58. The van der Waals surface area contributed by atoms with E-state index in [1.165, 1.54) is 13.2 Å². The van der Waals surface area contributed by atoms with Gasteiger partial charge < -0.3 is 30.5 Å². The Morgan fingerprint density at radius 2 is 1.82 bits per heavy atom. The van der Waals surface area contributed by atoms with Crippen molar-refractivity contribution >= 4 is 28.2 Å². The maximum absolute atomic E-state index is 14.2. The molecular weight excluding hydrogens is 514 g/mol. The van der Waals surface area contributed by atoms with Crippen LogP contribution in [0.25, 0.3) is 10.8 Å². The topological polar surface area (TPSA) is 156 Å². The Kier molecular flexibility index (Phi) is 5.49. The van der Waals surface area contributed by atoms with E-state index in [0.717, 1.165) is 29.5 Å². The summed E-state index contributed by atoms with van der Waals surface area (Å²) in [7, 11) is 3.00. The molecule has 0 saturated heterocycles. The number of phenolic OH excluding ortho intramolecular Hbond substituents is 2. The van der Waals surface area contributed by atoms with Gasteiger partial charge in [0, 0.05) is 41.9 Å². The molecular formula is C31H33NO8. The van der Waals surface area contributed by atoms with Crippen molar-refractivity contribution in [1.29, 1.82) is 0 Å². The van der Waals surface area contributed by atoms with E-state index < -0.39 is 57.9 Å². The molecule has 4 atom stereocenters. The molecule has 4 aliphatic rings. The molecule has 40 heavy (non-hydrogen) atoms. The average molecular weight is 548 g/mol. The largest absolute Gasteiger partial charge is 0.511 e. The SMILES string of the molecule is COc1cc(O)c2c(O)c3c(c4c2c1[C@@]1(C4)C(C)=CCCC1(C)C)[C@@H](OC)[C@H]1CC(=O)C(C(N)=O)=C(O)C1C3=O. The summed E-state index contributed by atoms with van der Waals surface area (Å²) in [6.07, 6.45) is 3.37. The van der Waals surface area contributed by atoms with Crippen LogP contribution < -0.4 is 10.5 Å². The fraction of sp³-hybridized carbons (Fsp3) is 0.452. The second kappa shape index (κ2) is 8.33. The molecule has 2 aromatic rings. The van der Waals surface area contributed by atoms with Gasteiger partial charge in [-0.1, -0.05) is 25.5 Å². The highest BCUT2D eigenvalue weighted by molar-refractivity contribution is 6.22. The van der Waals surface area contributed by atoms with Crippen molar-refractivity contribution in [1.82, 2.24) is 0 Å². The number of allylic oxidation sites excluding steroid dienone is 3. The van der Waals surface area contributed by atoms with Crippen LogP contribution in [-0.4, -0.2) is 47.0 Å². The minimum Gasteiger partial charge on any atom is -0.511 e. The number of hydrogen-bond donors (Lipinski definition) is 4. The number of fused-ring (bicyclic) bond motifs is 4. The van der Waals surface area contributed by atoms with Gasteiger partial charge in [-0.3, -0.25) is 14.4 Å². The number of carbonyl (C=O) groups excluding carboxylic acids is 3. The van der Waals surface area contributed by atoms with E-state index in [2.05, 4.69) is 26.8 Å². The summed E-state index contributed by atoms with van der Waals surface area (Å²) in [6.45, 7) is 6.48. The van der Waals surface area contributed by atoms with Crippen molar-refractivity contribution in [2.45, 2.75) is 58.0 Å². The highest BCUT2D eigenvalue weighted by Crippen LogP contribution is 2.66. The van der Waals surface area contributed by atoms with Gasteiger partial charge in [0.15, 0.2) is 11.6 Å². The number of amides is 1. The quantitative estimate of drug-likeness (QED) is 0.329. The number of hydrogen-bond acceptors (Lipinski definition) is 8. The fourth-order valence-corrected chi connectivity index (χ4v) is 8.36. The molecule has 9 nitrogen and oxygen atoms in total. The molecule has 0 fully saturated rings.